The van der Waals surface area contributed by atoms with Crippen molar-refractivity contribution >= 4 is 27.8 Å². The molecule has 0 aliphatic carbocycles. The van der Waals surface area contributed by atoms with Gasteiger partial charge in [0, 0.05) is 5.56 Å². The molecule has 3 rings (SSSR count). The Morgan fingerprint density at radius 2 is 1.69 bits per heavy atom. The number of rotatable bonds is 11. The van der Waals surface area contributed by atoms with Crippen LogP contribution in [0, 0.1) is 0 Å². The van der Waals surface area contributed by atoms with E-state index in [0.29, 0.717) is 29.4 Å². The van der Waals surface area contributed by atoms with Gasteiger partial charge in [0.1, 0.15) is 23.8 Å². The van der Waals surface area contributed by atoms with Crippen molar-refractivity contribution < 1.29 is 27.4 Å². The Hall–Kier alpha value is -4.05. The van der Waals surface area contributed by atoms with Crippen LogP contribution in [-0.4, -0.2) is 47.9 Å². The SMILES string of the molecule is CCOc1ccccc1N(CC(=O)N/N=C\c1cc(OC)ccc1OC)S(=O)(=O)c1ccccc1. The highest BCUT2D eigenvalue weighted by Crippen LogP contribution is 2.32. The molecule has 0 bridgehead atoms. The van der Waals surface area contributed by atoms with Crippen LogP contribution in [0.4, 0.5) is 5.69 Å². The molecule has 10 heteroatoms. The summed E-state index contributed by atoms with van der Waals surface area (Å²) in [6.45, 7) is 1.60. The molecule has 0 aromatic heterocycles. The van der Waals surface area contributed by atoms with E-state index >= 15 is 0 Å². The first-order valence-corrected chi connectivity index (χ1v) is 12.2. The van der Waals surface area contributed by atoms with Crippen molar-refractivity contribution in [1.29, 1.82) is 0 Å². The van der Waals surface area contributed by atoms with Gasteiger partial charge in [-0.15, -0.1) is 0 Å². The van der Waals surface area contributed by atoms with Crippen LogP contribution in [0.15, 0.2) is 82.8 Å². The van der Waals surface area contributed by atoms with Gasteiger partial charge in [0.05, 0.1) is 37.6 Å². The van der Waals surface area contributed by atoms with Crippen LogP contribution in [0.5, 0.6) is 17.2 Å². The van der Waals surface area contributed by atoms with Crippen molar-refractivity contribution in [2.75, 3.05) is 31.7 Å². The van der Waals surface area contributed by atoms with Crippen LogP contribution >= 0.6 is 0 Å². The summed E-state index contributed by atoms with van der Waals surface area (Å²) in [5, 5.41) is 3.97. The Morgan fingerprint density at radius 1 is 0.971 bits per heavy atom. The Bertz CT molecular complexity index is 1280. The van der Waals surface area contributed by atoms with Gasteiger partial charge in [-0.1, -0.05) is 30.3 Å². The van der Waals surface area contributed by atoms with Crippen molar-refractivity contribution in [1.82, 2.24) is 5.43 Å². The lowest BCUT2D eigenvalue weighted by Gasteiger charge is -2.25. The van der Waals surface area contributed by atoms with Crippen molar-refractivity contribution in [3.63, 3.8) is 0 Å². The van der Waals surface area contributed by atoms with Crippen LogP contribution in [0.1, 0.15) is 12.5 Å². The number of sulfonamides is 1. The molecule has 0 aliphatic heterocycles. The van der Waals surface area contributed by atoms with Gasteiger partial charge < -0.3 is 14.2 Å². The molecule has 0 aliphatic rings. The number of anilines is 1. The summed E-state index contributed by atoms with van der Waals surface area (Å²) in [6, 6.07) is 19.7. The third-order valence-electron chi connectivity index (χ3n) is 4.88. The highest BCUT2D eigenvalue weighted by molar-refractivity contribution is 7.92. The van der Waals surface area contributed by atoms with E-state index in [2.05, 4.69) is 10.5 Å². The number of ether oxygens (including phenoxy) is 3. The predicted octanol–water partition coefficient (Wildman–Crippen LogP) is 3.45. The third-order valence-corrected chi connectivity index (χ3v) is 6.66. The summed E-state index contributed by atoms with van der Waals surface area (Å²) in [5.74, 6) is 0.815. The monoisotopic (exact) mass is 497 g/mol. The Labute approximate surface area is 205 Å². The highest BCUT2D eigenvalue weighted by Gasteiger charge is 2.29. The maximum Gasteiger partial charge on any atom is 0.264 e. The van der Waals surface area contributed by atoms with Crippen molar-refractivity contribution in [2.24, 2.45) is 5.10 Å². The minimum Gasteiger partial charge on any atom is -0.497 e. The zero-order valence-electron chi connectivity index (χ0n) is 19.7. The summed E-state index contributed by atoms with van der Waals surface area (Å²) in [6.07, 6.45) is 1.39. The second kappa shape index (κ2) is 11.9. The maximum absolute atomic E-state index is 13.5. The minimum absolute atomic E-state index is 0.0451. The molecule has 1 N–H and O–H groups in total. The number of hydrazone groups is 1. The zero-order chi connectivity index (χ0) is 25.3. The second-order valence-electron chi connectivity index (χ2n) is 7.13. The second-order valence-corrected chi connectivity index (χ2v) is 8.99. The van der Waals surface area contributed by atoms with Crippen LogP contribution in [-0.2, 0) is 14.8 Å². The molecular formula is C25H27N3O6S. The van der Waals surface area contributed by atoms with Gasteiger partial charge in [-0.2, -0.15) is 5.10 Å². The summed E-state index contributed by atoms with van der Waals surface area (Å²) >= 11 is 0. The predicted molar refractivity (Wildman–Crippen MR) is 134 cm³/mol. The average Bonchev–Trinajstić information content (AvgIpc) is 2.88. The van der Waals surface area contributed by atoms with Crippen LogP contribution in [0.25, 0.3) is 0 Å². The average molecular weight is 498 g/mol. The van der Waals surface area contributed by atoms with Gasteiger partial charge in [0.25, 0.3) is 15.9 Å². The highest BCUT2D eigenvalue weighted by atomic mass is 32.2. The van der Waals surface area contributed by atoms with Gasteiger partial charge in [0.2, 0.25) is 0 Å². The topological polar surface area (TPSA) is 107 Å². The molecule has 0 heterocycles. The van der Waals surface area contributed by atoms with Gasteiger partial charge in [0.15, 0.2) is 0 Å². The van der Waals surface area contributed by atoms with Crippen LogP contribution in [0.2, 0.25) is 0 Å². The molecule has 0 atom stereocenters. The van der Waals surface area contributed by atoms with E-state index in [1.54, 1.807) is 67.6 Å². The molecule has 184 valence electrons. The van der Waals surface area contributed by atoms with Gasteiger partial charge in [-0.25, -0.2) is 13.8 Å². The number of carbonyl (C=O) groups is 1. The van der Waals surface area contributed by atoms with E-state index in [1.807, 2.05) is 0 Å². The summed E-state index contributed by atoms with van der Waals surface area (Å²) in [5.41, 5.74) is 3.20. The zero-order valence-corrected chi connectivity index (χ0v) is 20.5. The van der Waals surface area contributed by atoms with E-state index in [-0.39, 0.29) is 10.6 Å². The lowest BCUT2D eigenvalue weighted by atomic mass is 10.2. The number of methoxy groups -OCH3 is 2. The fraction of sp³-hybridized carbons (Fsp3) is 0.200. The van der Waals surface area contributed by atoms with E-state index in [0.717, 1.165) is 4.31 Å². The van der Waals surface area contributed by atoms with E-state index in [9.17, 15) is 13.2 Å². The molecule has 0 unspecified atom stereocenters. The fourth-order valence-electron chi connectivity index (χ4n) is 3.24. The lowest BCUT2D eigenvalue weighted by molar-refractivity contribution is -0.119. The van der Waals surface area contributed by atoms with Crippen LogP contribution in [0.3, 0.4) is 0 Å². The largest absolute Gasteiger partial charge is 0.497 e. The molecule has 9 nitrogen and oxygen atoms in total. The first-order chi connectivity index (χ1) is 16.9. The van der Waals surface area contributed by atoms with Crippen molar-refractivity contribution in [3.8, 4) is 17.2 Å². The Morgan fingerprint density at radius 3 is 2.37 bits per heavy atom. The summed E-state index contributed by atoms with van der Waals surface area (Å²) < 4.78 is 44.1. The molecule has 0 spiro atoms. The molecule has 0 saturated heterocycles. The maximum atomic E-state index is 13.5. The number of nitrogens with one attached hydrogen (secondary N) is 1. The van der Waals surface area contributed by atoms with Crippen molar-refractivity contribution in [2.45, 2.75) is 11.8 Å². The number of benzene rings is 3. The molecule has 3 aromatic rings. The molecule has 0 saturated carbocycles. The van der Waals surface area contributed by atoms with Gasteiger partial charge in [-0.05, 0) is 49.4 Å². The molecule has 0 radical (unpaired) electrons. The smallest absolute Gasteiger partial charge is 0.264 e. The van der Waals surface area contributed by atoms with Gasteiger partial charge >= 0.3 is 0 Å². The molecule has 3 aromatic carbocycles. The summed E-state index contributed by atoms with van der Waals surface area (Å²) in [4.78, 5) is 12.9. The fourth-order valence-corrected chi connectivity index (χ4v) is 4.69. The lowest BCUT2D eigenvalue weighted by Crippen LogP contribution is -2.39. The Balaban J connectivity index is 1.89. The van der Waals surface area contributed by atoms with Gasteiger partial charge in [-0.3, -0.25) is 9.10 Å². The van der Waals surface area contributed by atoms with Crippen molar-refractivity contribution in [3.05, 3.63) is 78.4 Å². The molecule has 1 amide bonds. The molecule has 35 heavy (non-hydrogen) atoms. The number of amides is 1. The minimum atomic E-state index is -4.08. The quantitative estimate of drug-likeness (QED) is 0.321. The van der Waals surface area contributed by atoms with Crippen LogP contribution < -0.4 is 23.9 Å². The normalized spacial score (nSPS) is 11.2. The first kappa shape index (κ1) is 25.6. The van der Waals surface area contributed by atoms with E-state index in [1.165, 1.54) is 32.6 Å². The Kier molecular flexibility index (Phi) is 8.69. The van der Waals surface area contributed by atoms with E-state index < -0.39 is 22.5 Å². The number of nitrogens with zero attached hydrogens (tertiary/aromatic N) is 2. The number of hydrogen-bond acceptors (Lipinski definition) is 7. The van der Waals surface area contributed by atoms with E-state index in [4.69, 9.17) is 14.2 Å². The molecular weight excluding hydrogens is 470 g/mol. The number of hydrogen-bond donors (Lipinski definition) is 1. The third kappa shape index (κ3) is 6.30. The number of carbonyl (C=O) groups excluding carboxylic acids is 1. The summed E-state index contributed by atoms with van der Waals surface area (Å²) in [7, 11) is -1.03. The number of para-hydroxylation sites is 2. The standard InChI is InChI=1S/C25H27N3O6S/c1-4-34-24-13-9-8-12-22(24)28(35(30,31)21-10-6-5-7-11-21)18-25(29)27-26-17-19-16-20(32-2)14-15-23(19)33-3/h5-17H,4,18H2,1-3H3,(H,27,29)/b26-17-. The first-order valence-electron chi connectivity index (χ1n) is 10.7. The molecule has 0 fully saturated rings.